The Balaban J connectivity index is 1.91. The van der Waals surface area contributed by atoms with Gasteiger partial charge in [-0.2, -0.15) is 0 Å². The highest BCUT2D eigenvalue weighted by Crippen LogP contribution is 2.10. The van der Waals surface area contributed by atoms with E-state index in [4.69, 9.17) is 4.74 Å². The molecule has 132 valence electrons. The molecule has 1 aliphatic heterocycles. The minimum Gasteiger partial charge on any atom is -0.382 e. The lowest BCUT2D eigenvalue weighted by molar-refractivity contribution is -0.130. The number of hydrogen-bond donors (Lipinski definition) is 0. The number of nitrogens with zero attached hydrogens (tertiary/aromatic N) is 4. The van der Waals surface area contributed by atoms with Gasteiger partial charge in [-0.3, -0.25) is 14.6 Å². The maximum Gasteiger partial charge on any atom is 0.274 e. The van der Waals surface area contributed by atoms with E-state index in [1.807, 2.05) is 11.8 Å². The van der Waals surface area contributed by atoms with Crippen LogP contribution in [-0.2, 0) is 9.53 Å². The molecule has 1 aliphatic rings. The Kier molecular flexibility index (Phi) is 7.61. The van der Waals surface area contributed by atoms with Crippen molar-refractivity contribution >= 4 is 11.8 Å². The maximum atomic E-state index is 12.6. The summed E-state index contributed by atoms with van der Waals surface area (Å²) >= 11 is 0. The van der Waals surface area contributed by atoms with Crippen molar-refractivity contribution in [3.8, 4) is 0 Å². The average molecular weight is 334 g/mol. The number of carbonyl (C=O) groups is 2. The highest BCUT2D eigenvalue weighted by atomic mass is 16.5. The largest absolute Gasteiger partial charge is 0.382 e. The van der Waals surface area contributed by atoms with Gasteiger partial charge in [-0.05, 0) is 26.2 Å². The Hall–Kier alpha value is -2.02. The van der Waals surface area contributed by atoms with Crippen LogP contribution in [0.4, 0.5) is 0 Å². The first-order valence-corrected chi connectivity index (χ1v) is 8.63. The summed E-state index contributed by atoms with van der Waals surface area (Å²) in [5.74, 6) is -0.0666. The molecule has 0 spiro atoms. The van der Waals surface area contributed by atoms with Crippen molar-refractivity contribution in [2.24, 2.45) is 0 Å². The van der Waals surface area contributed by atoms with Crippen LogP contribution in [0.25, 0.3) is 0 Å². The smallest absolute Gasteiger partial charge is 0.274 e. The Morgan fingerprint density at radius 2 is 2.04 bits per heavy atom. The van der Waals surface area contributed by atoms with E-state index in [9.17, 15) is 9.59 Å². The van der Waals surface area contributed by atoms with Gasteiger partial charge in [0.2, 0.25) is 5.91 Å². The van der Waals surface area contributed by atoms with Crippen molar-refractivity contribution in [2.45, 2.75) is 32.6 Å². The van der Waals surface area contributed by atoms with Gasteiger partial charge in [0.15, 0.2) is 0 Å². The monoisotopic (exact) mass is 334 g/mol. The molecule has 0 aliphatic carbocycles. The molecule has 1 aromatic heterocycles. The summed E-state index contributed by atoms with van der Waals surface area (Å²) in [5, 5.41) is 0. The zero-order chi connectivity index (χ0) is 17.2. The van der Waals surface area contributed by atoms with Crippen molar-refractivity contribution in [3.63, 3.8) is 0 Å². The van der Waals surface area contributed by atoms with Crippen molar-refractivity contribution in [1.82, 2.24) is 19.8 Å². The molecule has 0 atom stereocenters. The maximum absolute atomic E-state index is 12.6. The standard InChI is InChI=1S/C17H26N4O3/c1-2-24-13-5-11-21(17(23)15-14-18-7-8-19-15)12-6-16(22)20-9-3-4-10-20/h7-8,14H,2-6,9-13H2,1H3. The number of amides is 2. The number of rotatable bonds is 9. The molecule has 24 heavy (non-hydrogen) atoms. The molecule has 2 heterocycles. The summed E-state index contributed by atoms with van der Waals surface area (Å²) in [6, 6.07) is 0. The SMILES string of the molecule is CCOCCCN(CCC(=O)N1CCCC1)C(=O)c1cnccn1. The van der Waals surface area contributed by atoms with E-state index in [2.05, 4.69) is 9.97 Å². The molecule has 2 rings (SSSR count). The van der Waals surface area contributed by atoms with Gasteiger partial charge >= 0.3 is 0 Å². The van der Waals surface area contributed by atoms with Gasteiger partial charge in [-0.15, -0.1) is 0 Å². The highest BCUT2D eigenvalue weighted by Gasteiger charge is 2.21. The molecule has 7 nitrogen and oxygen atoms in total. The lowest BCUT2D eigenvalue weighted by Gasteiger charge is -2.23. The normalized spacial score (nSPS) is 14.0. The first-order valence-electron chi connectivity index (χ1n) is 8.63. The summed E-state index contributed by atoms with van der Waals surface area (Å²) in [6.07, 6.45) is 7.72. The predicted octanol–water partition coefficient (Wildman–Crippen LogP) is 1.36. The van der Waals surface area contributed by atoms with Crippen LogP contribution in [0.5, 0.6) is 0 Å². The summed E-state index contributed by atoms with van der Waals surface area (Å²) in [7, 11) is 0. The van der Waals surface area contributed by atoms with Crippen LogP contribution >= 0.6 is 0 Å². The molecule has 1 aromatic rings. The first-order chi connectivity index (χ1) is 11.7. The molecule has 7 heteroatoms. The third kappa shape index (κ3) is 5.56. The molecule has 0 saturated carbocycles. The predicted molar refractivity (Wildman–Crippen MR) is 89.5 cm³/mol. The molecule has 0 N–H and O–H groups in total. The molecule has 1 saturated heterocycles. The molecular weight excluding hydrogens is 308 g/mol. The van der Waals surface area contributed by atoms with Crippen LogP contribution in [0.1, 0.15) is 43.1 Å². The average Bonchev–Trinajstić information content (AvgIpc) is 3.16. The van der Waals surface area contributed by atoms with E-state index in [0.29, 0.717) is 38.4 Å². The van der Waals surface area contributed by atoms with Crippen LogP contribution in [0.3, 0.4) is 0 Å². The zero-order valence-corrected chi connectivity index (χ0v) is 14.3. The molecular formula is C17H26N4O3. The van der Waals surface area contributed by atoms with Crippen molar-refractivity contribution < 1.29 is 14.3 Å². The highest BCUT2D eigenvalue weighted by molar-refractivity contribution is 5.92. The lowest BCUT2D eigenvalue weighted by Crippen LogP contribution is -2.37. The van der Waals surface area contributed by atoms with E-state index in [0.717, 1.165) is 32.4 Å². The van der Waals surface area contributed by atoms with Crippen LogP contribution in [0.2, 0.25) is 0 Å². The van der Waals surface area contributed by atoms with Gasteiger partial charge in [0.1, 0.15) is 5.69 Å². The van der Waals surface area contributed by atoms with Gasteiger partial charge in [0.25, 0.3) is 5.91 Å². The van der Waals surface area contributed by atoms with Crippen LogP contribution in [0, 0.1) is 0 Å². The van der Waals surface area contributed by atoms with Crippen LogP contribution in [-0.4, -0.2) is 71.0 Å². The summed E-state index contributed by atoms with van der Waals surface area (Å²) in [5.41, 5.74) is 0.308. The van der Waals surface area contributed by atoms with Crippen molar-refractivity contribution in [2.75, 3.05) is 39.4 Å². The van der Waals surface area contributed by atoms with E-state index in [1.165, 1.54) is 18.6 Å². The Labute approximate surface area is 143 Å². The van der Waals surface area contributed by atoms with Gasteiger partial charge < -0.3 is 14.5 Å². The van der Waals surface area contributed by atoms with E-state index >= 15 is 0 Å². The first kappa shape index (κ1) is 18.3. The second kappa shape index (κ2) is 9.97. The second-order valence-electron chi connectivity index (χ2n) is 5.77. The fraction of sp³-hybridized carbons (Fsp3) is 0.647. The summed E-state index contributed by atoms with van der Waals surface area (Å²) < 4.78 is 5.34. The Morgan fingerprint density at radius 1 is 1.25 bits per heavy atom. The number of ether oxygens (including phenoxy) is 1. The summed E-state index contributed by atoms with van der Waals surface area (Å²) in [4.78, 5) is 36.4. The van der Waals surface area contributed by atoms with E-state index in [-0.39, 0.29) is 11.8 Å². The van der Waals surface area contributed by atoms with Crippen molar-refractivity contribution in [3.05, 3.63) is 24.3 Å². The number of likely N-dealkylation sites (tertiary alicyclic amines) is 1. The third-order valence-corrected chi connectivity index (χ3v) is 4.04. The zero-order valence-electron chi connectivity index (χ0n) is 14.3. The minimum atomic E-state index is -0.186. The van der Waals surface area contributed by atoms with Gasteiger partial charge in [0, 0.05) is 58.2 Å². The van der Waals surface area contributed by atoms with E-state index < -0.39 is 0 Å². The minimum absolute atomic E-state index is 0.120. The number of hydrogen-bond acceptors (Lipinski definition) is 5. The Morgan fingerprint density at radius 3 is 2.71 bits per heavy atom. The number of aromatic nitrogens is 2. The lowest BCUT2D eigenvalue weighted by atomic mass is 10.2. The van der Waals surface area contributed by atoms with E-state index in [1.54, 1.807) is 4.90 Å². The molecule has 0 radical (unpaired) electrons. The second-order valence-corrected chi connectivity index (χ2v) is 5.77. The van der Waals surface area contributed by atoms with Crippen LogP contribution < -0.4 is 0 Å². The number of carbonyl (C=O) groups excluding carboxylic acids is 2. The fourth-order valence-electron chi connectivity index (χ4n) is 2.74. The molecule has 0 aromatic carbocycles. The third-order valence-electron chi connectivity index (χ3n) is 4.04. The van der Waals surface area contributed by atoms with Gasteiger partial charge in [-0.1, -0.05) is 0 Å². The van der Waals surface area contributed by atoms with Gasteiger partial charge in [0.05, 0.1) is 6.20 Å². The molecule has 0 bridgehead atoms. The van der Waals surface area contributed by atoms with Crippen molar-refractivity contribution in [1.29, 1.82) is 0 Å². The Bertz CT molecular complexity index is 518. The molecule has 2 amide bonds. The summed E-state index contributed by atoms with van der Waals surface area (Å²) in [6.45, 7) is 5.81. The molecule has 0 unspecified atom stereocenters. The fourth-order valence-corrected chi connectivity index (χ4v) is 2.74. The molecule has 1 fully saturated rings. The quantitative estimate of drug-likeness (QED) is 0.637. The van der Waals surface area contributed by atoms with Gasteiger partial charge in [-0.25, -0.2) is 4.98 Å². The topological polar surface area (TPSA) is 75.6 Å². The van der Waals surface area contributed by atoms with Crippen LogP contribution in [0.15, 0.2) is 18.6 Å².